The number of nitrogens with one attached hydrogen (secondary N) is 1. The van der Waals surface area contributed by atoms with E-state index in [9.17, 15) is 0 Å². The van der Waals surface area contributed by atoms with Crippen LogP contribution in [0, 0.1) is 6.92 Å². The molecule has 1 saturated heterocycles. The second-order valence-corrected chi connectivity index (χ2v) is 7.27. The molecular weight excluding hydrogens is 392 g/mol. The molecule has 9 nitrogen and oxygen atoms in total. The number of aryl methyl sites for hydroxylation is 1. The zero-order valence-electron chi connectivity index (χ0n) is 17.1. The summed E-state index contributed by atoms with van der Waals surface area (Å²) < 4.78 is 7.28. The first-order valence-corrected chi connectivity index (χ1v) is 10.1. The number of aromatic nitrogens is 5. The Morgan fingerprint density at radius 1 is 1.10 bits per heavy atom. The maximum atomic E-state index is 5.51. The van der Waals surface area contributed by atoms with Gasteiger partial charge >= 0.3 is 0 Å². The summed E-state index contributed by atoms with van der Waals surface area (Å²) in [5.41, 5.74) is 6.08. The van der Waals surface area contributed by atoms with Crippen LogP contribution in [0.25, 0.3) is 17.2 Å². The zero-order valence-corrected chi connectivity index (χ0v) is 17.1. The third kappa shape index (κ3) is 4.22. The monoisotopic (exact) mass is 414 g/mol. The number of hydrazone groups is 1. The highest BCUT2D eigenvalue weighted by Gasteiger charge is 2.19. The Morgan fingerprint density at radius 3 is 2.81 bits per heavy atom. The van der Waals surface area contributed by atoms with Gasteiger partial charge in [0.2, 0.25) is 0 Å². The Hall–Kier alpha value is -3.85. The van der Waals surface area contributed by atoms with Crippen molar-refractivity contribution in [2.75, 3.05) is 36.6 Å². The van der Waals surface area contributed by atoms with E-state index in [2.05, 4.69) is 49.4 Å². The average molecular weight is 414 g/mol. The number of pyridine rings is 1. The fraction of sp³-hybridized carbons (Fsp3) is 0.227. The van der Waals surface area contributed by atoms with Crippen LogP contribution in [0.15, 0.2) is 60.0 Å². The average Bonchev–Trinajstić information content (AvgIpc) is 3.24. The maximum absolute atomic E-state index is 5.51. The Morgan fingerprint density at radius 2 is 2.00 bits per heavy atom. The van der Waals surface area contributed by atoms with Gasteiger partial charge in [0.25, 0.3) is 5.78 Å². The van der Waals surface area contributed by atoms with Crippen LogP contribution in [0.5, 0.6) is 0 Å². The van der Waals surface area contributed by atoms with Gasteiger partial charge in [0.15, 0.2) is 11.6 Å². The van der Waals surface area contributed by atoms with Crippen molar-refractivity contribution in [1.29, 1.82) is 0 Å². The van der Waals surface area contributed by atoms with Crippen LogP contribution in [0.2, 0.25) is 0 Å². The van der Waals surface area contributed by atoms with Gasteiger partial charge in [-0.1, -0.05) is 29.8 Å². The highest BCUT2D eigenvalue weighted by molar-refractivity contribution is 5.80. The molecule has 1 aliphatic rings. The molecule has 31 heavy (non-hydrogen) atoms. The fourth-order valence-electron chi connectivity index (χ4n) is 3.47. The van der Waals surface area contributed by atoms with Gasteiger partial charge in [-0.2, -0.15) is 19.6 Å². The van der Waals surface area contributed by atoms with Gasteiger partial charge in [-0.05, 0) is 24.6 Å². The molecule has 0 aliphatic carbocycles. The highest BCUT2D eigenvalue weighted by Crippen LogP contribution is 2.23. The normalized spacial score (nSPS) is 14.4. The molecule has 3 aromatic heterocycles. The second kappa shape index (κ2) is 8.49. The summed E-state index contributed by atoms with van der Waals surface area (Å²) in [6.07, 6.45) is 5.25. The van der Waals surface area contributed by atoms with Crippen LogP contribution in [0.1, 0.15) is 11.1 Å². The first-order valence-electron chi connectivity index (χ1n) is 10.1. The predicted octanol–water partition coefficient (Wildman–Crippen LogP) is 2.78. The van der Waals surface area contributed by atoms with E-state index < -0.39 is 0 Å². The summed E-state index contributed by atoms with van der Waals surface area (Å²) in [7, 11) is 0. The van der Waals surface area contributed by atoms with Gasteiger partial charge < -0.3 is 9.64 Å². The molecule has 1 aliphatic heterocycles. The number of fused-ring (bicyclic) bond motifs is 1. The van der Waals surface area contributed by atoms with Crippen LogP contribution in [-0.4, -0.2) is 57.1 Å². The second-order valence-electron chi connectivity index (χ2n) is 7.27. The fourth-order valence-corrected chi connectivity index (χ4v) is 3.47. The lowest BCUT2D eigenvalue weighted by Gasteiger charge is -2.28. The van der Waals surface area contributed by atoms with Gasteiger partial charge in [-0.3, -0.25) is 10.4 Å². The van der Waals surface area contributed by atoms with Gasteiger partial charge in [0, 0.05) is 37.1 Å². The number of hydrogen-bond donors (Lipinski definition) is 1. The first-order chi connectivity index (χ1) is 15.3. The minimum Gasteiger partial charge on any atom is -0.378 e. The Balaban J connectivity index is 1.50. The quantitative estimate of drug-likeness (QED) is 0.396. The predicted molar refractivity (Wildman–Crippen MR) is 119 cm³/mol. The van der Waals surface area contributed by atoms with Gasteiger partial charge in [0.1, 0.15) is 5.82 Å². The smallest absolute Gasteiger partial charge is 0.256 e. The lowest BCUT2D eigenvalue weighted by Crippen LogP contribution is -2.37. The number of morpholine rings is 1. The standard InChI is InChI=1S/C22H22N8O/c1-16-4-2-5-17(12-16)14-24-27-19-13-20(29-8-10-31-11-9-29)30-22(25-19)26-21(28-30)18-6-3-7-23-15-18/h2-7,12-15H,8-11H2,1H3,(H,25,26,27,28)/b24-14+. The molecule has 1 N–H and O–H groups in total. The van der Waals surface area contributed by atoms with Crippen molar-refractivity contribution in [3.63, 3.8) is 0 Å². The third-order valence-electron chi connectivity index (χ3n) is 4.98. The number of benzene rings is 1. The number of rotatable bonds is 5. The third-order valence-corrected chi connectivity index (χ3v) is 4.98. The van der Waals surface area contributed by atoms with Crippen molar-refractivity contribution in [2.45, 2.75) is 6.92 Å². The molecule has 4 aromatic rings. The summed E-state index contributed by atoms with van der Waals surface area (Å²) >= 11 is 0. The van der Waals surface area contributed by atoms with Crippen molar-refractivity contribution in [1.82, 2.24) is 24.6 Å². The van der Waals surface area contributed by atoms with Gasteiger partial charge in [0.05, 0.1) is 19.4 Å². The minimum atomic E-state index is 0.496. The van der Waals surface area contributed by atoms with Crippen LogP contribution < -0.4 is 10.3 Å². The molecule has 9 heteroatoms. The Bertz CT molecular complexity index is 1210. The van der Waals surface area contributed by atoms with Crippen molar-refractivity contribution in [3.8, 4) is 11.4 Å². The van der Waals surface area contributed by atoms with Crippen LogP contribution in [-0.2, 0) is 4.74 Å². The lowest BCUT2D eigenvalue weighted by molar-refractivity contribution is 0.122. The van der Waals surface area contributed by atoms with Crippen LogP contribution in [0.3, 0.4) is 0 Å². The molecule has 0 radical (unpaired) electrons. The van der Waals surface area contributed by atoms with E-state index in [4.69, 9.17) is 9.84 Å². The van der Waals surface area contributed by atoms with E-state index in [0.29, 0.717) is 30.6 Å². The number of anilines is 2. The number of ether oxygens (including phenoxy) is 1. The summed E-state index contributed by atoms with van der Waals surface area (Å²) in [4.78, 5) is 15.6. The molecule has 0 saturated carbocycles. The van der Waals surface area contributed by atoms with Crippen molar-refractivity contribution in [2.24, 2.45) is 5.10 Å². The van der Waals surface area contributed by atoms with E-state index >= 15 is 0 Å². The van der Waals surface area contributed by atoms with Crippen molar-refractivity contribution >= 4 is 23.6 Å². The molecule has 0 unspecified atom stereocenters. The lowest BCUT2D eigenvalue weighted by atomic mass is 10.2. The molecular formula is C22H22N8O. The number of nitrogens with zero attached hydrogens (tertiary/aromatic N) is 7. The molecule has 156 valence electrons. The number of hydrogen-bond acceptors (Lipinski definition) is 8. The SMILES string of the molecule is Cc1cccc(/C=N/Nc2cc(N3CCOCC3)n3nc(-c4cccnc4)nc3n2)c1. The van der Waals surface area contributed by atoms with Crippen LogP contribution >= 0.6 is 0 Å². The summed E-state index contributed by atoms with van der Waals surface area (Å²) in [6.45, 7) is 4.94. The zero-order chi connectivity index (χ0) is 21.0. The molecule has 0 spiro atoms. The van der Waals surface area contributed by atoms with E-state index in [1.165, 1.54) is 5.56 Å². The minimum absolute atomic E-state index is 0.496. The Kier molecular flexibility index (Phi) is 5.24. The molecule has 1 fully saturated rings. The maximum Gasteiger partial charge on any atom is 0.256 e. The van der Waals surface area contributed by atoms with E-state index in [1.807, 2.05) is 30.3 Å². The molecule has 0 bridgehead atoms. The van der Waals surface area contributed by atoms with Crippen molar-refractivity contribution in [3.05, 3.63) is 66.0 Å². The van der Waals surface area contributed by atoms with Crippen LogP contribution in [0.4, 0.5) is 11.6 Å². The van der Waals surface area contributed by atoms with E-state index in [1.54, 1.807) is 23.1 Å². The van der Waals surface area contributed by atoms with E-state index in [-0.39, 0.29) is 0 Å². The first kappa shape index (κ1) is 19.1. The molecule has 0 atom stereocenters. The summed E-state index contributed by atoms with van der Waals surface area (Å²) in [5.74, 6) is 2.57. The molecule has 1 aromatic carbocycles. The van der Waals surface area contributed by atoms with Gasteiger partial charge in [-0.15, -0.1) is 5.10 Å². The molecule has 0 amide bonds. The van der Waals surface area contributed by atoms with Gasteiger partial charge in [-0.25, -0.2) is 0 Å². The topological polar surface area (TPSA) is 92.8 Å². The summed E-state index contributed by atoms with van der Waals surface area (Å²) in [6, 6.07) is 13.9. The molecule has 5 rings (SSSR count). The van der Waals surface area contributed by atoms with Crippen molar-refractivity contribution < 1.29 is 4.74 Å². The Labute approximate surface area is 179 Å². The highest BCUT2D eigenvalue weighted by atomic mass is 16.5. The molecule has 4 heterocycles. The summed E-state index contributed by atoms with van der Waals surface area (Å²) in [5, 5.41) is 9.05. The van der Waals surface area contributed by atoms with E-state index in [0.717, 1.165) is 30.0 Å². The largest absolute Gasteiger partial charge is 0.378 e.